The van der Waals surface area contributed by atoms with Crippen molar-refractivity contribution in [3.05, 3.63) is 35.6 Å². The maximum absolute atomic E-state index is 13.1. The number of hydrogen-bond acceptors (Lipinski definition) is 4. The average molecular weight is 350 g/mol. The van der Waals surface area contributed by atoms with Crippen molar-refractivity contribution in [2.75, 3.05) is 33.3 Å². The molecule has 0 spiro atoms. The minimum atomic E-state index is -0.184. The lowest BCUT2D eigenvalue weighted by molar-refractivity contribution is -0.140. The van der Waals surface area contributed by atoms with E-state index in [0.717, 1.165) is 51.1 Å². The summed E-state index contributed by atoms with van der Waals surface area (Å²) >= 11 is 0. The Kier molecular flexibility index (Phi) is 7.85. The van der Waals surface area contributed by atoms with Crippen LogP contribution in [0.2, 0.25) is 0 Å². The Hall–Kier alpha value is -1.46. The molecule has 1 atom stereocenters. The monoisotopic (exact) mass is 350 g/mol. The number of ether oxygens (including phenoxy) is 1. The molecule has 1 aliphatic heterocycles. The number of halogens is 1. The van der Waals surface area contributed by atoms with Gasteiger partial charge in [0, 0.05) is 32.1 Å². The van der Waals surface area contributed by atoms with Crippen LogP contribution in [0.1, 0.15) is 38.7 Å². The number of hydrogen-bond donors (Lipinski definition) is 0. The average Bonchev–Trinajstić information content (AvgIpc) is 2.79. The van der Waals surface area contributed by atoms with E-state index in [1.54, 1.807) is 0 Å². The van der Waals surface area contributed by atoms with Crippen molar-refractivity contribution in [2.24, 2.45) is 5.92 Å². The van der Waals surface area contributed by atoms with Gasteiger partial charge < -0.3 is 9.64 Å². The van der Waals surface area contributed by atoms with Crippen LogP contribution in [-0.4, -0.2) is 55.1 Å². The summed E-state index contributed by atoms with van der Waals surface area (Å²) in [5.41, 5.74) is 1.16. The molecule has 5 heteroatoms. The van der Waals surface area contributed by atoms with E-state index in [1.165, 1.54) is 19.2 Å². The molecular weight excluding hydrogens is 319 g/mol. The zero-order chi connectivity index (χ0) is 18.2. The summed E-state index contributed by atoms with van der Waals surface area (Å²) in [6.07, 6.45) is 2.44. The lowest BCUT2D eigenvalue weighted by atomic mass is 10.0. The summed E-state index contributed by atoms with van der Waals surface area (Å²) in [5.74, 6) is 0.228. The van der Waals surface area contributed by atoms with Crippen LogP contribution in [0, 0.1) is 11.7 Å². The minimum Gasteiger partial charge on any atom is -0.469 e. The zero-order valence-electron chi connectivity index (χ0n) is 15.7. The number of esters is 1. The molecule has 0 aromatic heterocycles. The van der Waals surface area contributed by atoms with Crippen LogP contribution in [0.25, 0.3) is 0 Å². The van der Waals surface area contributed by atoms with Crippen LogP contribution in [0.15, 0.2) is 24.3 Å². The van der Waals surface area contributed by atoms with Gasteiger partial charge in [-0.3, -0.25) is 9.69 Å². The predicted molar refractivity (Wildman–Crippen MR) is 97.7 cm³/mol. The van der Waals surface area contributed by atoms with Crippen LogP contribution < -0.4 is 0 Å². The van der Waals surface area contributed by atoms with E-state index in [1.807, 2.05) is 12.1 Å². The Morgan fingerprint density at radius 3 is 2.64 bits per heavy atom. The Morgan fingerprint density at radius 2 is 2.00 bits per heavy atom. The van der Waals surface area contributed by atoms with Crippen LogP contribution in [0.4, 0.5) is 4.39 Å². The zero-order valence-corrected chi connectivity index (χ0v) is 15.7. The van der Waals surface area contributed by atoms with Crippen molar-refractivity contribution in [3.63, 3.8) is 0 Å². The smallest absolute Gasteiger partial charge is 0.305 e. The number of methoxy groups -OCH3 is 1. The van der Waals surface area contributed by atoms with Gasteiger partial charge in [-0.1, -0.05) is 26.0 Å². The topological polar surface area (TPSA) is 32.8 Å². The van der Waals surface area contributed by atoms with Crippen LogP contribution in [0.5, 0.6) is 0 Å². The van der Waals surface area contributed by atoms with E-state index in [9.17, 15) is 9.18 Å². The maximum atomic E-state index is 13.1. The van der Waals surface area contributed by atoms with Gasteiger partial charge in [0.05, 0.1) is 7.11 Å². The standard InChI is InChI=1S/C20H31FN2O2/c1-16(2)19-15-22(11-4-6-20(24)25-3)12-5-13-23(19)14-17-7-9-18(21)10-8-17/h7-10,16,19H,4-6,11-15H2,1-3H3. The molecule has 0 amide bonds. The maximum Gasteiger partial charge on any atom is 0.305 e. The number of rotatable bonds is 7. The quantitative estimate of drug-likeness (QED) is 0.707. The van der Waals surface area contributed by atoms with Gasteiger partial charge in [-0.15, -0.1) is 0 Å². The molecule has 1 fully saturated rings. The van der Waals surface area contributed by atoms with Gasteiger partial charge >= 0.3 is 5.97 Å². The first-order valence-corrected chi connectivity index (χ1v) is 9.27. The van der Waals surface area contributed by atoms with Gasteiger partial charge in [-0.05, 0) is 49.5 Å². The Morgan fingerprint density at radius 1 is 1.28 bits per heavy atom. The summed E-state index contributed by atoms with van der Waals surface area (Å²) in [6, 6.07) is 7.30. The van der Waals surface area contributed by atoms with E-state index in [0.29, 0.717) is 18.4 Å². The second-order valence-electron chi connectivity index (χ2n) is 7.24. The highest BCUT2D eigenvalue weighted by Gasteiger charge is 2.27. The molecule has 0 saturated carbocycles. The normalized spacial score (nSPS) is 19.8. The third kappa shape index (κ3) is 6.40. The molecule has 0 bridgehead atoms. The van der Waals surface area contributed by atoms with Crippen LogP contribution >= 0.6 is 0 Å². The molecule has 1 aromatic rings. The van der Waals surface area contributed by atoms with Crippen molar-refractivity contribution in [1.82, 2.24) is 9.80 Å². The lowest BCUT2D eigenvalue weighted by Crippen LogP contribution is -2.44. The first kappa shape index (κ1) is 19.9. The molecule has 0 aliphatic carbocycles. The third-order valence-electron chi connectivity index (χ3n) is 4.99. The highest BCUT2D eigenvalue weighted by Crippen LogP contribution is 2.20. The van der Waals surface area contributed by atoms with E-state index >= 15 is 0 Å². The molecule has 1 heterocycles. The molecular formula is C20H31FN2O2. The summed E-state index contributed by atoms with van der Waals surface area (Å²) in [7, 11) is 1.44. The SMILES string of the molecule is COC(=O)CCCN1CCCN(Cc2ccc(F)cc2)C(C(C)C)C1. The predicted octanol–water partition coefficient (Wildman–Crippen LogP) is 3.31. The Labute approximate surface area is 150 Å². The number of carbonyl (C=O) groups excluding carboxylic acids is 1. The fraction of sp³-hybridized carbons (Fsp3) is 0.650. The molecule has 25 heavy (non-hydrogen) atoms. The van der Waals surface area contributed by atoms with Crippen molar-refractivity contribution >= 4 is 5.97 Å². The van der Waals surface area contributed by atoms with Crippen molar-refractivity contribution in [3.8, 4) is 0 Å². The largest absolute Gasteiger partial charge is 0.469 e. The molecule has 1 saturated heterocycles. The van der Waals surface area contributed by atoms with Gasteiger partial charge in [0.2, 0.25) is 0 Å². The van der Waals surface area contributed by atoms with Crippen LogP contribution in [-0.2, 0) is 16.1 Å². The van der Waals surface area contributed by atoms with E-state index < -0.39 is 0 Å². The summed E-state index contributed by atoms with van der Waals surface area (Å²) < 4.78 is 17.9. The molecule has 0 radical (unpaired) electrons. The lowest BCUT2D eigenvalue weighted by Gasteiger charge is -2.34. The van der Waals surface area contributed by atoms with E-state index in [-0.39, 0.29) is 11.8 Å². The first-order valence-electron chi connectivity index (χ1n) is 9.27. The van der Waals surface area contributed by atoms with Crippen molar-refractivity contribution in [2.45, 2.75) is 45.7 Å². The van der Waals surface area contributed by atoms with E-state index in [4.69, 9.17) is 4.74 Å². The van der Waals surface area contributed by atoms with Crippen LogP contribution in [0.3, 0.4) is 0 Å². The number of nitrogens with zero attached hydrogens (tertiary/aromatic N) is 2. The molecule has 4 nitrogen and oxygen atoms in total. The fourth-order valence-corrected chi connectivity index (χ4v) is 3.54. The van der Waals surface area contributed by atoms with Gasteiger partial charge in [-0.25, -0.2) is 4.39 Å². The highest BCUT2D eigenvalue weighted by atomic mass is 19.1. The summed E-state index contributed by atoms with van der Waals surface area (Å²) in [6.45, 7) is 9.44. The molecule has 1 unspecified atom stereocenters. The van der Waals surface area contributed by atoms with E-state index in [2.05, 4.69) is 23.6 Å². The van der Waals surface area contributed by atoms with Gasteiger partial charge in [0.1, 0.15) is 5.82 Å². The van der Waals surface area contributed by atoms with Gasteiger partial charge in [0.25, 0.3) is 0 Å². The molecule has 1 aliphatic rings. The third-order valence-corrected chi connectivity index (χ3v) is 4.99. The molecule has 0 N–H and O–H groups in total. The van der Waals surface area contributed by atoms with Crippen molar-refractivity contribution in [1.29, 1.82) is 0 Å². The second-order valence-corrected chi connectivity index (χ2v) is 7.24. The van der Waals surface area contributed by atoms with Gasteiger partial charge in [-0.2, -0.15) is 0 Å². The molecule has 1 aromatic carbocycles. The number of carbonyl (C=O) groups is 1. The molecule has 2 rings (SSSR count). The van der Waals surface area contributed by atoms with Crippen molar-refractivity contribution < 1.29 is 13.9 Å². The number of benzene rings is 1. The minimum absolute atomic E-state index is 0.131. The first-order chi connectivity index (χ1) is 12.0. The second kappa shape index (κ2) is 9.88. The Bertz CT molecular complexity index is 533. The Balaban J connectivity index is 1.95. The van der Waals surface area contributed by atoms with Gasteiger partial charge in [0.15, 0.2) is 0 Å². The summed E-state index contributed by atoms with van der Waals surface area (Å²) in [5, 5.41) is 0. The highest BCUT2D eigenvalue weighted by molar-refractivity contribution is 5.69. The summed E-state index contributed by atoms with van der Waals surface area (Å²) in [4.78, 5) is 16.3. The fourth-order valence-electron chi connectivity index (χ4n) is 3.54. The molecule has 140 valence electrons.